The highest BCUT2D eigenvalue weighted by Crippen LogP contribution is 2.34. The van der Waals surface area contributed by atoms with Gasteiger partial charge in [0.25, 0.3) is 0 Å². The van der Waals surface area contributed by atoms with Crippen LogP contribution in [-0.4, -0.2) is 17.7 Å². The number of nitrogens with zero attached hydrogens (tertiary/aromatic N) is 1. The number of hydrogen-bond donors (Lipinski definition) is 1. The molecular formula is C12H13ClN2O2. The second-order valence-corrected chi connectivity index (χ2v) is 4.77. The number of halogens is 1. The molecule has 2 atom stereocenters. The third kappa shape index (κ3) is 1.77. The van der Waals surface area contributed by atoms with E-state index in [1.807, 2.05) is 6.92 Å². The van der Waals surface area contributed by atoms with Crippen LogP contribution in [0.25, 0.3) is 11.1 Å². The molecule has 2 N–H and O–H groups in total. The van der Waals surface area contributed by atoms with E-state index < -0.39 is 0 Å². The molecule has 0 bridgehead atoms. The summed E-state index contributed by atoms with van der Waals surface area (Å²) in [5, 5.41) is 0.507. The van der Waals surface area contributed by atoms with Crippen LogP contribution >= 0.6 is 11.6 Å². The normalized spacial score (nSPS) is 24.6. The maximum atomic E-state index is 5.95. The summed E-state index contributed by atoms with van der Waals surface area (Å²) in [5.74, 6) is 0.939. The average molecular weight is 253 g/mol. The number of oxazole rings is 1. The predicted molar refractivity (Wildman–Crippen MR) is 66.2 cm³/mol. The molecule has 0 amide bonds. The van der Waals surface area contributed by atoms with Crippen molar-refractivity contribution in [3.8, 4) is 0 Å². The monoisotopic (exact) mass is 252 g/mol. The Hall–Kier alpha value is -1.26. The molecule has 1 fully saturated rings. The largest absolute Gasteiger partial charge is 0.440 e. The lowest BCUT2D eigenvalue weighted by Crippen LogP contribution is -2.09. The molecule has 1 saturated heterocycles. The topological polar surface area (TPSA) is 61.3 Å². The number of anilines is 1. The van der Waals surface area contributed by atoms with Gasteiger partial charge < -0.3 is 14.9 Å². The van der Waals surface area contributed by atoms with E-state index >= 15 is 0 Å². The summed E-state index contributed by atoms with van der Waals surface area (Å²) in [6.07, 6.45) is 1.09. The van der Waals surface area contributed by atoms with Crippen LogP contribution in [0.2, 0.25) is 5.02 Å². The van der Waals surface area contributed by atoms with Crippen molar-refractivity contribution in [2.24, 2.45) is 0 Å². The van der Waals surface area contributed by atoms with E-state index in [0.717, 1.165) is 18.5 Å². The van der Waals surface area contributed by atoms with E-state index in [0.29, 0.717) is 22.2 Å². The van der Waals surface area contributed by atoms with Gasteiger partial charge in [-0.3, -0.25) is 0 Å². The van der Waals surface area contributed by atoms with E-state index in [2.05, 4.69) is 4.98 Å². The molecular weight excluding hydrogens is 240 g/mol. The minimum Gasteiger partial charge on any atom is -0.440 e. The van der Waals surface area contributed by atoms with Crippen LogP contribution in [0, 0.1) is 0 Å². The Bertz CT molecular complexity index is 528. The van der Waals surface area contributed by atoms with Gasteiger partial charge in [-0.25, -0.2) is 4.98 Å². The molecule has 0 saturated carbocycles. The molecule has 5 heteroatoms. The number of benzene rings is 1. The molecule has 3 rings (SSSR count). The van der Waals surface area contributed by atoms with Gasteiger partial charge in [-0.15, -0.1) is 0 Å². The summed E-state index contributed by atoms with van der Waals surface area (Å²) in [4.78, 5) is 4.46. The predicted octanol–water partition coefficient (Wildman–Crippen LogP) is 2.96. The number of ether oxygens (including phenoxy) is 1. The Labute approximate surface area is 104 Å². The number of fused-ring (bicyclic) bond motifs is 1. The van der Waals surface area contributed by atoms with Gasteiger partial charge in [-0.2, -0.15) is 0 Å². The first-order chi connectivity index (χ1) is 8.15. The van der Waals surface area contributed by atoms with Crippen LogP contribution < -0.4 is 5.73 Å². The zero-order valence-corrected chi connectivity index (χ0v) is 10.2. The van der Waals surface area contributed by atoms with Crippen LogP contribution in [0.5, 0.6) is 0 Å². The highest BCUT2D eigenvalue weighted by Gasteiger charge is 2.30. The maximum Gasteiger partial charge on any atom is 0.201 e. The molecule has 2 aromatic rings. The third-order valence-corrected chi connectivity index (χ3v) is 3.54. The van der Waals surface area contributed by atoms with Gasteiger partial charge in [0.15, 0.2) is 5.58 Å². The van der Waals surface area contributed by atoms with Crippen molar-refractivity contribution in [1.29, 1.82) is 0 Å². The molecule has 1 aliphatic rings. The van der Waals surface area contributed by atoms with Crippen molar-refractivity contribution >= 4 is 28.4 Å². The molecule has 17 heavy (non-hydrogen) atoms. The lowest BCUT2D eigenvalue weighted by atomic mass is 10.0. The number of hydrogen-bond acceptors (Lipinski definition) is 4. The zero-order valence-electron chi connectivity index (χ0n) is 9.44. The van der Waals surface area contributed by atoms with Crippen LogP contribution in [0.15, 0.2) is 16.5 Å². The van der Waals surface area contributed by atoms with E-state index in [9.17, 15) is 0 Å². The summed E-state index contributed by atoms with van der Waals surface area (Å²) < 4.78 is 11.2. The van der Waals surface area contributed by atoms with Crippen molar-refractivity contribution in [2.45, 2.75) is 25.4 Å². The van der Waals surface area contributed by atoms with E-state index in [1.165, 1.54) is 0 Å². The molecule has 0 radical (unpaired) electrons. The number of nitrogens with two attached hydrogens (primary N) is 1. The Morgan fingerprint density at radius 1 is 1.47 bits per heavy atom. The second-order valence-electron chi connectivity index (χ2n) is 4.36. The van der Waals surface area contributed by atoms with Gasteiger partial charge in [0.05, 0.1) is 22.7 Å². The van der Waals surface area contributed by atoms with Gasteiger partial charge in [0, 0.05) is 12.7 Å². The van der Waals surface area contributed by atoms with Crippen molar-refractivity contribution in [1.82, 2.24) is 4.98 Å². The lowest BCUT2D eigenvalue weighted by molar-refractivity contribution is 0.114. The lowest BCUT2D eigenvalue weighted by Gasteiger charge is -2.08. The highest BCUT2D eigenvalue weighted by molar-refractivity contribution is 6.33. The van der Waals surface area contributed by atoms with Crippen LogP contribution in [0.4, 0.5) is 5.69 Å². The van der Waals surface area contributed by atoms with E-state index in [-0.39, 0.29) is 12.0 Å². The smallest absolute Gasteiger partial charge is 0.201 e. The molecule has 1 aromatic heterocycles. The van der Waals surface area contributed by atoms with Gasteiger partial charge in [0.2, 0.25) is 5.89 Å². The number of aromatic nitrogens is 1. The molecule has 0 aliphatic carbocycles. The molecule has 2 heterocycles. The first-order valence-corrected chi connectivity index (χ1v) is 6.00. The fraction of sp³-hybridized carbons (Fsp3) is 0.417. The Kier molecular flexibility index (Phi) is 2.49. The standard InChI is InChI=1S/C12H13ClN2O2/c1-6-7(2-3-16-6)12-15-10-4-8(13)9(14)5-11(10)17-12/h4-7H,2-3,14H2,1H3. The van der Waals surface area contributed by atoms with Gasteiger partial charge >= 0.3 is 0 Å². The molecule has 1 aromatic carbocycles. The quantitative estimate of drug-likeness (QED) is 0.793. The van der Waals surface area contributed by atoms with E-state index in [1.54, 1.807) is 12.1 Å². The minimum atomic E-state index is 0.149. The number of rotatable bonds is 1. The van der Waals surface area contributed by atoms with Crippen molar-refractivity contribution in [3.63, 3.8) is 0 Å². The van der Waals surface area contributed by atoms with Gasteiger partial charge in [0.1, 0.15) is 5.52 Å². The Morgan fingerprint density at radius 2 is 2.29 bits per heavy atom. The molecule has 0 spiro atoms. The third-order valence-electron chi connectivity index (χ3n) is 3.22. The first-order valence-electron chi connectivity index (χ1n) is 5.62. The highest BCUT2D eigenvalue weighted by atomic mass is 35.5. The average Bonchev–Trinajstić information content (AvgIpc) is 2.85. The summed E-state index contributed by atoms with van der Waals surface area (Å²) in [7, 11) is 0. The molecule has 2 unspecified atom stereocenters. The fourth-order valence-electron chi connectivity index (χ4n) is 2.20. The number of nitrogen functional groups attached to an aromatic ring is 1. The van der Waals surface area contributed by atoms with Crippen molar-refractivity contribution in [2.75, 3.05) is 12.3 Å². The van der Waals surface area contributed by atoms with Crippen LogP contribution in [-0.2, 0) is 4.74 Å². The summed E-state index contributed by atoms with van der Waals surface area (Å²) in [6, 6.07) is 3.45. The first kappa shape index (κ1) is 10.9. The summed E-state index contributed by atoms with van der Waals surface area (Å²) in [6.45, 7) is 2.79. The van der Waals surface area contributed by atoms with Gasteiger partial charge in [-0.05, 0) is 19.4 Å². The fourth-order valence-corrected chi connectivity index (χ4v) is 2.35. The summed E-state index contributed by atoms with van der Waals surface area (Å²) >= 11 is 5.95. The van der Waals surface area contributed by atoms with Crippen LogP contribution in [0.3, 0.4) is 0 Å². The Morgan fingerprint density at radius 3 is 3.00 bits per heavy atom. The SMILES string of the molecule is CC1OCCC1c1nc2cc(Cl)c(N)cc2o1. The minimum absolute atomic E-state index is 0.149. The Balaban J connectivity index is 2.07. The van der Waals surface area contributed by atoms with Crippen LogP contribution in [0.1, 0.15) is 25.2 Å². The summed E-state index contributed by atoms with van der Waals surface area (Å²) in [5.41, 5.74) is 7.67. The zero-order chi connectivity index (χ0) is 12.0. The molecule has 4 nitrogen and oxygen atoms in total. The second kappa shape index (κ2) is 3.89. The molecule has 1 aliphatic heterocycles. The maximum absolute atomic E-state index is 5.95. The van der Waals surface area contributed by atoms with Gasteiger partial charge in [-0.1, -0.05) is 11.6 Å². The van der Waals surface area contributed by atoms with Crippen molar-refractivity contribution in [3.05, 3.63) is 23.0 Å². The van der Waals surface area contributed by atoms with Crippen molar-refractivity contribution < 1.29 is 9.15 Å². The molecule has 90 valence electrons. The van der Waals surface area contributed by atoms with E-state index in [4.69, 9.17) is 26.5 Å².